The van der Waals surface area contributed by atoms with E-state index in [1.54, 1.807) is 0 Å². The quantitative estimate of drug-likeness (QED) is 0.717. The van der Waals surface area contributed by atoms with Crippen LogP contribution in [0, 0.1) is 12.8 Å². The topological polar surface area (TPSA) is 68.2 Å². The largest absolute Gasteiger partial charge is 0.481 e. The Labute approximate surface area is 146 Å². The molecule has 25 heavy (non-hydrogen) atoms. The monoisotopic (exact) mass is 334 g/mol. The van der Waals surface area contributed by atoms with E-state index >= 15 is 0 Å². The lowest BCUT2D eigenvalue weighted by molar-refractivity contribution is -0.142. The molecule has 0 amide bonds. The maximum absolute atomic E-state index is 11.5. The van der Waals surface area contributed by atoms with Gasteiger partial charge in [-0.05, 0) is 61.1 Å². The Hall–Kier alpha value is -2.75. The summed E-state index contributed by atoms with van der Waals surface area (Å²) in [6.07, 6.45) is 2.08. The molecule has 1 aliphatic rings. The fourth-order valence-electron chi connectivity index (χ4n) is 4.02. The summed E-state index contributed by atoms with van der Waals surface area (Å²) in [5.74, 6) is -0.999. The summed E-state index contributed by atoms with van der Waals surface area (Å²) in [5, 5.41) is 10.5. The van der Waals surface area contributed by atoms with Crippen LogP contribution in [0.3, 0.4) is 0 Å². The zero-order chi connectivity index (χ0) is 17.6. The Morgan fingerprint density at radius 3 is 2.84 bits per heavy atom. The molecule has 128 valence electrons. The normalized spacial score (nSPS) is 16.8. The van der Waals surface area contributed by atoms with Crippen molar-refractivity contribution in [3.05, 3.63) is 64.8 Å². The van der Waals surface area contributed by atoms with Crippen LogP contribution in [0.1, 0.15) is 28.8 Å². The molecule has 1 aromatic heterocycles. The Balaban J connectivity index is 1.87. The number of anilines is 1. The third kappa shape index (κ3) is 2.68. The maximum atomic E-state index is 11.5. The van der Waals surface area contributed by atoms with Crippen LogP contribution in [0.2, 0.25) is 0 Å². The molecule has 1 unspecified atom stereocenters. The molecule has 1 aliphatic carbocycles. The lowest BCUT2D eigenvalue weighted by Crippen LogP contribution is -2.23. The Kier molecular flexibility index (Phi) is 3.75. The van der Waals surface area contributed by atoms with Crippen LogP contribution in [0.5, 0.6) is 0 Å². The van der Waals surface area contributed by atoms with Gasteiger partial charge in [0.05, 0.1) is 5.92 Å². The van der Waals surface area contributed by atoms with Crippen LogP contribution in [0.15, 0.2) is 42.5 Å². The molecule has 1 heterocycles. The molecule has 3 N–H and O–H groups in total. The zero-order valence-electron chi connectivity index (χ0n) is 14.3. The van der Waals surface area contributed by atoms with Gasteiger partial charge in [0.2, 0.25) is 0 Å². The second-order valence-electron chi connectivity index (χ2n) is 6.99. The van der Waals surface area contributed by atoms with Crippen molar-refractivity contribution in [3.8, 4) is 0 Å². The van der Waals surface area contributed by atoms with Gasteiger partial charge in [-0.3, -0.25) is 4.79 Å². The number of aliphatic carboxylic acids is 1. The number of nitrogens with zero attached hydrogens (tertiary/aromatic N) is 1. The molecule has 4 nitrogen and oxygen atoms in total. The van der Waals surface area contributed by atoms with Crippen LogP contribution in [0.4, 0.5) is 5.69 Å². The first-order chi connectivity index (χ1) is 12.0. The Morgan fingerprint density at radius 2 is 2.08 bits per heavy atom. The van der Waals surface area contributed by atoms with Gasteiger partial charge in [0.1, 0.15) is 0 Å². The maximum Gasteiger partial charge on any atom is 0.306 e. The molecule has 0 radical (unpaired) electrons. The lowest BCUT2D eigenvalue weighted by Gasteiger charge is -2.21. The summed E-state index contributed by atoms with van der Waals surface area (Å²) in [7, 11) is 0. The van der Waals surface area contributed by atoms with Gasteiger partial charge in [0.15, 0.2) is 0 Å². The Morgan fingerprint density at radius 1 is 1.28 bits per heavy atom. The van der Waals surface area contributed by atoms with Crippen molar-refractivity contribution in [1.29, 1.82) is 0 Å². The van der Waals surface area contributed by atoms with Crippen LogP contribution >= 0.6 is 0 Å². The summed E-state index contributed by atoms with van der Waals surface area (Å²) in [6.45, 7) is 2.94. The molecule has 0 spiro atoms. The molecule has 0 bridgehead atoms. The molecular weight excluding hydrogens is 312 g/mol. The minimum absolute atomic E-state index is 0.300. The highest BCUT2D eigenvalue weighted by atomic mass is 16.4. The van der Waals surface area contributed by atoms with E-state index in [1.807, 2.05) is 12.1 Å². The molecule has 4 heteroatoms. The predicted molar refractivity (Wildman–Crippen MR) is 99.8 cm³/mol. The molecule has 3 aromatic rings. The number of nitrogens with two attached hydrogens (primary N) is 1. The average molecular weight is 334 g/mol. The van der Waals surface area contributed by atoms with Crippen LogP contribution in [-0.4, -0.2) is 15.6 Å². The molecule has 0 saturated carbocycles. The van der Waals surface area contributed by atoms with Gasteiger partial charge in [0, 0.05) is 28.8 Å². The lowest BCUT2D eigenvalue weighted by atomic mass is 9.86. The van der Waals surface area contributed by atoms with Gasteiger partial charge in [-0.15, -0.1) is 0 Å². The van der Waals surface area contributed by atoms with Crippen LogP contribution in [0.25, 0.3) is 10.9 Å². The van der Waals surface area contributed by atoms with Crippen molar-refractivity contribution < 1.29 is 9.90 Å². The number of carbonyl (C=O) groups is 1. The predicted octanol–water partition coefficient (Wildman–Crippen LogP) is 3.77. The van der Waals surface area contributed by atoms with Gasteiger partial charge in [-0.2, -0.15) is 0 Å². The minimum atomic E-state index is -0.700. The first-order valence-electron chi connectivity index (χ1n) is 8.71. The van der Waals surface area contributed by atoms with Crippen molar-refractivity contribution in [2.75, 3.05) is 5.73 Å². The van der Waals surface area contributed by atoms with Crippen LogP contribution in [-0.2, 0) is 24.2 Å². The number of benzene rings is 2. The average Bonchev–Trinajstić information content (AvgIpc) is 2.89. The molecule has 1 atom stereocenters. The SMILES string of the molecule is Cc1ccccc1Cn1c2c(c3cc(N)ccc31)CC(C(=O)O)CC2. The molecule has 2 aromatic carbocycles. The second kappa shape index (κ2) is 5.96. The number of rotatable bonds is 3. The fraction of sp³-hybridized carbons (Fsp3) is 0.286. The van der Waals surface area contributed by atoms with E-state index < -0.39 is 5.97 Å². The molecule has 0 saturated heterocycles. The standard InChI is InChI=1S/C21H22N2O2/c1-13-4-2-3-5-15(13)12-23-19-8-6-14(21(24)25)10-17(19)18-11-16(22)7-9-20(18)23/h2-5,7,9,11,14H,6,8,10,12,22H2,1H3,(H,24,25). The summed E-state index contributed by atoms with van der Waals surface area (Å²) >= 11 is 0. The van der Waals surface area contributed by atoms with Crippen molar-refractivity contribution in [3.63, 3.8) is 0 Å². The molecule has 4 rings (SSSR count). The highest BCUT2D eigenvalue weighted by Crippen LogP contribution is 2.36. The van der Waals surface area contributed by atoms with E-state index in [0.29, 0.717) is 12.8 Å². The summed E-state index contributed by atoms with van der Waals surface area (Å²) in [6, 6.07) is 14.4. The number of fused-ring (bicyclic) bond motifs is 3. The van der Waals surface area contributed by atoms with Gasteiger partial charge in [-0.1, -0.05) is 24.3 Å². The molecular formula is C21H22N2O2. The first kappa shape index (κ1) is 15.8. The Bertz CT molecular complexity index is 971. The zero-order valence-corrected chi connectivity index (χ0v) is 14.3. The molecule has 0 fully saturated rings. The van der Waals surface area contributed by atoms with Gasteiger partial charge >= 0.3 is 5.97 Å². The second-order valence-corrected chi connectivity index (χ2v) is 6.99. The third-order valence-corrected chi connectivity index (χ3v) is 5.43. The number of hydrogen-bond donors (Lipinski definition) is 2. The van der Waals surface area contributed by atoms with E-state index in [9.17, 15) is 9.90 Å². The number of carboxylic acids is 1. The number of nitrogen functional groups attached to an aromatic ring is 1. The number of hydrogen-bond acceptors (Lipinski definition) is 2. The minimum Gasteiger partial charge on any atom is -0.481 e. The highest BCUT2D eigenvalue weighted by molar-refractivity contribution is 5.89. The van der Waals surface area contributed by atoms with Crippen molar-refractivity contribution in [2.24, 2.45) is 5.92 Å². The van der Waals surface area contributed by atoms with Gasteiger partial charge in [-0.25, -0.2) is 0 Å². The highest BCUT2D eigenvalue weighted by Gasteiger charge is 2.29. The van der Waals surface area contributed by atoms with Crippen molar-refractivity contribution in [2.45, 2.75) is 32.7 Å². The van der Waals surface area contributed by atoms with E-state index in [2.05, 4.69) is 41.8 Å². The van der Waals surface area contributed by atoms with Gasteiger partial charge in [0.25, 0.3) is 0 Å². The number of aromatic nitrogens is 1. The summed E-state index contributed by atoms with van der Waals surface area (Å²) < 4.78 is 2.35. The van der Waals surface area contributed by atoms with Crippen molar-refractivity contribution >= 4 is 22.6 Å². The molecule has 0 aliphatic heterocycles. The van der Waals surface area contributed by atoms with E-state index in [-0.39, 0.29) is 5.92 Å². The fourth-order valence-corrected chi connectivity index (χ4v) is 4.02. The van der Waals surface area contributed by atoms with Crippen molar-refractivity contribution in [1.82, 2.24) is 4.57 Å². The van der Waals surface area contributed by atoms with Crippen LogP contribution < -0.4 is 5.73 Å². The van der Waals surface area contributed by atoms with E-state index in [1.165, 1.54) is 16.8 Å². The van der Waals surface area contributed by atoms with E-state index in [4.69, 9.17) is 5.73 Å². The smallest absolute Gasteiger partial charge is 0.306 e. The third-order valence-electron chi connectivity index (χ3n) is 5.43. The summed E-state index contributed by atoms with van der Waals surface area (Å²) in [5.41, 5.74) is 12.9. The van der Waals surface area contributed by atoms with Gasteiger partial charge < -0.3 is 15.4 Å². The first-order valence-corrected chi connectivity index (χ1v) is 8.71. The summed E-state index contributed by atoms with van der Waals surface area (Å²) in [4.78, 5) is 11.5. The van der Waals surface area contributed by atoms with E-state index in [0.717, 1.165) is 35.1 Å². The number of aryl methyl sites for hydroxylation is 1. The number of carboxylic acid groups (broad SMARTS) is 1.